The van der Waals surface area contributed by atoms with Crippen molar-refractivity contribution in [2.24, 2.45) is 35.5 Å². The van der Waals surface area contributed by atoms with E-state index in [-0.39, 0.29) is 42.3 Å². The predicted molar refractivity (Wildman–Crippen MR) is 82.0 cm³/mol. The van der Waals surface area contributed by atoms with E-state index < -0.39 is 0 Å². The highest BCUT2D eigenvalue weighted by Crippen LogP contribution is 2.63. The zero-order valence-electron chi connectivity index (χ0n) is 13.9. The van der Waals surface area contributed by atoms with Crippen molar-refractivity contribution in [2.45, 2.75) is 52.0 Å². The monoisotopic (exact) mass is 319 g/mol. The summed E-state index contributed by atoms with van der Waals surface area (Å²) >= 11 is 0. The number of hydrogen-bond donors (Lipinski definition) is 0. The van der Waals surface area contributed by atoms with Gasteiger partial charge < -0.3 is 4.74 Å². The second-order valence-corrected chi connectivity index (χ2v) is 7.93. The van der Waals surface area contributed by atoms with Crippen LogP contribution in [0.5, 0.6) is 0 Å². The molecule has 5 heteroatoms. The standard InChI is InChI=1S/C18H25NO4/c1-3-9(2)18(22)23-8-14(20)19-16-13(17(19)21)7-12-10-4-5-11(6-10)15(12)16/h9-13,15-16H,3-8H2,1-2H3. The predicted octanol–water partition coefficient (Wildman–Crippen LogP) is 2.00. The number of carbonyl (C=O) groups excluding carboxylic acids is 3. The Labute approximate surface area is 136 Å². The molecule has 0 aromatic rings. The first-order valence-electron chi connectivity index (χ1n) is 9.05. The van der Waals surface area contributed by atoms with Crippen LogP contribution in [0, 0.1) is 35.5 Å². The van der Waals surface area contributed by atoms with Crippen LogP contribution in [0.25, 0.3) is 0 Å². The Morgan fingerprint density at radius 2 is 2.00 bits per heavy atom. The molecule has 2 amide bonds. The highest BCUT2D eigenvalue weighted by Gasteiger charge is 2.66. The molecule has 1 heterocycles. The molecule has 0 N–H and O–H groups in total. The molecule has 3 saturated carbocycles. The van der Waals surface area contributed by atoms with Crippen LogP contribution in [-0.4, -0.2) is 35.3 Å². The lowest BCUT2D eigenvalue weighted by Gasteiger charge is -2.45. The third-order valence-electron chi connectivity index (χ3n) is 6.96. The van der Waals surface area contributed by atoms with E-state index in [1.165, 1.54) is 24.2 Å². The summed E-state index contributed by atoms with van der Waals surface area (Å²) < 4.78 is 5.10. The van der Waals surface area contributed by atoms with Crippen molar-refractivity contribution in [3.05, 3.63) is 0 Å². The molecule has 126 valence electrons. The van der Waals surface area contributed by atoms with Crippen molar-refractivity contribution in [3.8, 4) is 0 Å². The van der Waals surface area contributed by atoms with Gasteiger partial charge in [-0.05, 0) is 55.8 Å². The zero-order valence-corrected chi connectivity index (χ0v) is 13.9. The summed E-state index contributed by atoms with van der Waals surface area (Å²) in [4.78, 5) is 37.9. The van der Waals surface area contributed by atoms with Gasteiger partial charge in [-0.2, -0.15) is 0 Å². The third-order valence-corrected chi connectivity index (χ3v) is 6.96. The Kier molecular flexibility index (Phi) is 3.50. The van der Waals surface area contributed by atoms with Crippen LogP contribution in [0.3, 0.4) is 0 Å². The summed E-state index contributed by atoms with van der Waals surface area (Å²) in [6, 6.07) is 0.0950. The van der Waals surface area contributed by atoms with Gasteiger partial charge in [0, 0.05) is 0 Å². The van der Waals surface area contributed by atoms with Crippen molar-refractivity contribution in [3.63, 3.8) is 0 Å². The lowest BCUT2D eigenvalue weighted by Crippen LogP contribution is -2.64. The molecule has 23 heavy (non-hydrogen) atoms. The van der Waals surface area contributed by atoms with Gasteiger partial charge in [-0.3, -0.25) is 19.3 Å². The topological polar surface area (TPSA) is 63.7 Å². The largest absolute Gasteiger partial charge is 0.455 e. The minimum absolute atomic E-state index is 0.0339. The van der Waals surface area contributed by atoms with E-state index >= 15 is 0 Å². The number of imide groups is 1. The molecule has 7 atom stereocenters. The van der Waals surface area contributed by atoms with Gasteiger partial charge in [0.05, 0.1) is 17.9 Å². The van der Waals surface area contributed by atoms with Crippen molar-refractivity contribution in [1.29, 1.82) is 0 Å². The van der Waals surface area contributed by atoms with Crippen LogP contribution in [0.1, 0.15) is 46.0 Å². The molecule has 1 saturated heterocycles. The quantitative estimate of drug-likeness (QED) is 0.587. The highest BCUT2D eigenvalue weighted by atomic mass is 16.5. The van der Waals surface area contributed by atoms with Gasteiger partial charge in [0.25, 0.3) is 5.91 Å². The van der Waals surface area contributed by atoms with E-state index in [0.717, 1.165) is 12.3 Å². The molecular weight excluding hydrogens is 294 g/mol. The highest BCUT2D eigenvalue weighted by molar-refractivity contribution is 6.03. The van der Waals surface area contributed by atoms with Gasteiger partial charge >= 0.3 is 5.97 Å². The number of esters is 1. The van der Waals surface area contributed by atoms with Gasteiger partial charge in [-0.1, -0.05) is 13.8 Å². The van der Waals surface area contributed by atoms with Gasteiger partial charge in [-0.15, -0.1) is 0 Å². The number of amides is 2. The molecule has 1 aliphatic heterocycles. The normalized spacial score (nSPS) is 41.3. The maximum absolute atomic E-state index is 12.4. The molecule has 4 rings (SSSR count). The SMILES string of the molecule is CCC(C)C(=O)OCC(=O)N1C(=O)C2CC3C4CCC(C4)C3C21. The first kappa shape index (κ1) is 15.2. The van der Waals surface area contributed by atoms with E-state index in [4.69, 9.17) is 4.74 Å². The van der Waals surface area contributed by atoms with Crippen molar-refractivity contribution in [1.82, 2.24) is 4.90 Å². The van der Waals surface area contributed by atoms with Crippen LogP contribution < -0.4 is 0 Å². The summed E-state index contributed by atoms with van der Waals surface area (Å²) in [6.45, 7) is 3.41. The Morgan fingerprint density at radius 3 is 2.74 bits per heavy atom. The van der Waals surface area contributed by atoms with E-state index in [0.29, 0.717) is 24.2 Å². The number of rotatable bonds is 4. The van der Waals surface area contributed by atoms with Crippen LogP contribution in [-0.2, 0) is 19.1 Å². The van der Waals surface area contributed by atoms with Crippen LogP contribution >= 0.6 is 0 Å². The maximum Gasteiger partial charge on any atom is 0.309 e. The molecule has 7 unspecified atom stereocenters. The zero-order chi connectivity index (χ0) is 16.3. The number of β-lactam (4-membered cyclic amide) rings is 1. The van der Waals surface area contributed by atoms with Crippen molar-refractivity contribution in [2.75, 3.05) is 6.61 Å². The average Bonchev–Trinajstić information content (AvgIpc) is 3.22. The molecule has 0 spiro atoms. The first-order chi connectivity index (χ1) is 11.0. The van der Waals surface area contributed by atoms with E-state index in [1.54, 1.807) is 6.92 Å². The first-order valence-corrected chi connectivity index (χ1v) is 9.05. The third kappa shape index (κ3) is 2.08. The molecule has 5 nitrogen and oxygen atoms in total. The molecule has 4 fully saturated rings. The Bertz CT molecular complexity index is 559. The molecule has 3 aliphatic carbocycles. The van der Waals surface area contributed by atoms with Gasteiger partial charge in [0.15, 0.2) is 6.61 Å². The summed E-state index contributed by atoms with van der Waals surface area (Å²) in [5.41, 5.74) is 0. The van der Waals surface area contributed by atoms with Crippen molar-refractivity contribution < 1.29 is 19.1 Å². The number of carbonyl (C=O) groups is 3. The molecule has 0 aromatic carbocycles. The fourth-order valence-corrected chi connectivity index (χ4v) is 5.68. The average molecular weight is 319 g/mol. The number of ether oxygens (including phenoxy) is 1. The summed E-state index contributed by atoms with van der Waals surface area (Å²) in [7, 11) is 0. The summed E-state index contributed by atoms with van der Waals surface area (Å²) in [6.07, 6.45) is 5.52. The maximum atomic E-state index is 12.4. The van der Waals surface area contributed by atoms with Crippen molar-refractivity contribution >= 4 is 17.8 Å². The van der Waals surface area contributed by atoms with Gasteiger partial charge in [0.2, 0.25) is 5.91 Å². The Morgan fingerprint density at radius 1 is 1.26 bits per heavy atom. The smallest absolute Gasteiger partial charge is 0.309 e. The molecule has 0 radical (unpaired) electrons. The number of fused-ring (bicyclic) bond motifs is 7. The Hall–Kier alpha value is -1.39. The second-order valence-electron chi connectivity index (χ2n) is 7.93. The Balaban J connectivity index is 1.41. The fraction of sp³-hybridized carbons (Fsp3) is 0.833. The molecule has 2 bridgehead atoms. The second kappa shape index (κ2) is 5.32. The molecule has 4 aliphatic rings. The number of hydrogen-bond acceptors (Lipinski definition) is 4. The van der Waals surface area contributed by atoms with Crippen LogP contribution in [0.4, 0.5) is 0 Å². The van der Waals surface area contributed by atoms with E-state index in [2.05, 4.69) is 0 Å². The summed E-state index contributed by atoms with van der Waals surface area (Å²) in [5, 5.41) is 0. The lowest BCUT2D eigenvalue weighted by atomic mass is 9.77. The molecular formula is C18H25NO4. The fourth-order valence-electron chi connectivity index (χ4n) is 5.68. The van der Waals surface area contributed by atoms with Crippen LogP contribution in [0.2, 0.25) is 0 Å². The minimum atomic E-state index is -0.352. The molecule has 0 aromatic heterocycles. The van der Waals surface area contributed by atoms with E-state index in [1.807, 2.05) is 6.92 Å². The minimum Gasteiger partial charge on any atom is -0.455 e. The van der Waals surface area contributed by atoms with Gasteiger partial charge in [-0.25, -0.2) is 0 Å². The van der Waals surface area contributed by atoms with Crippen LogP contribution in [0.15, 0.2) is 0 Å². The number of nitrogens with zero attached hydrogens (tertiary/aromatic N) is 1. The lowest BCUT2D eigenvalue weighted by molar-refractivity contribution is -0.172. The summed E-state index contributed by atoms with van der Waals surface area (Å²) in [5.74, 6) is 1.79. The van der Waals surface area contributed by atoms with Gasteiger partial charge in [0.1, 0.15) is 0 Å². The number of likely N-dealkylation sites (tertiary alicyclic amines) is 1. The van der Waals surface area contributed by atoms with E-state index in [9.17, 15) is 14.4 Å².